The molecule has 2 rings (SSSR count). The Morgan fingerprint density at radius 3 is 2.80 bits per heavy atom. The number of nitrogens with zero attached hydrogens (tertiary/aromatic N) is 1. The van der Waals surface area contributed by atoms with Gasteiger partial charge >= 0.3 is 0 Å². The van der Waals surface area contributed by atoms with Gasteiger partial charge in [-0.3, -0.25) is 5.10 Å². The molecule has 0 aromatic carbocycles. The van der Waals surface area contributed by atoms with Gasteiger partial charge in [0, 0.05) is 17.8 Å². The molecule has 0 spiro atoms. The van der Waals surface area contributed by atoms with Crippen LogP contribution in [0.1, 0.15) is 50.3 Å². The van der Waals surface area contributed by atoms with Crippen LogP contribution in [-0.4, -0.2) is 16.7 Å². The van der Waals surface area contributed by atoms with E-state index in [2.05, 4.69) is 22.4 Å². The molecule has 0 saturated heterocycles. The van der Waals surface area contributed by atoms with Gasteiger partial charge in [0.2, 0.25) is 0 Å². The van der Waals surface area contributed by atoms with Crippen LogP contribution in [0.3, 0.4) is 0 Å². The van der Waals surface area contributed by atoms with Crippen LogP contribution in [-0.2, 0) is 12.8 Å². The van der Waals surface area contributed by atoms with Crippen LogP contribution in [0.5, 0.6) is 0 Å². The van der Waals surface area contributed by atoms with Crippen molar-refractivity contribution in [1.29, 1.82) is 0 Å². The van der Waals surface area contributed by atoms with Crippen LogP contribution < -0.4 is 5.32 Å². The quantitative estimate of drug-likeness (QED) is 0.800. The number of aryl methyl sites for hydroxylation is 1. The van der Waals surface area contributed by atoms with Crippen molar-refractivity contribution in [1.82, 2.24) is 10.2 Å². The highest BCUT2D eigenvalue weighted by Gasteiger charge is 2.13. The molecule has 3 nitrogen and oxygen atoms in total. The Morgan fingerprint density at radius 2 is 2.00 bits per heavy atom. The molecule has 0 saturated carbocycles. The van der Waals surface area contributed by atoms with Gasteiger partial charge in [0.1, 0.15) is 0 Å². The summed E-state index contributed by atoms with van der Waals surface area (Å²) in [6.45, 7) is 3.21. The summed E-state index contributed by atoms with van der Waals surface area (Å²) < 4.78 is 0. The molecule has 2 N–H and O–H groups in total. The van der Waals surface area contributed by atoms with Crippen molar-refractivity contribution in [2.24, 2.45) is 0 Å². The molecule has 0 unspecified atom stereocenters. The van der Waals surface area contributed by atoms with Crippen LogP contribution in [0.15, 0.2) is 0 Å². The molecule has 1 aromatic rings. The number of H-pyrrole nitrogens is 1. The lowest BCUT2D eigenvalue weighted by molar-refractivity contribution is 0.612. The fourth-order valence-electron chi connectivity index (χ4n) is 2.22. The molecule has 0 aliphatic heterocycles. The van der Waals surface area contributed by atoms with Crippen molar-refractivity contribution in [2.75, 3.05) is 11.9 Å². The zero-order chi connectivity index (χ0) is 10.5. The number of nitrogens with one attached hydrogen (secondary N) is 2. The Morgan fingerprint density at radius 1 is 1.20 bits per heavy atom. The summed E-state index contributed by atoms with van der Waals surface area (Å²) in [6, 6.07) is 0. The van der Waals surface area contributed by atoms with E-state index in [-0.39, 0.29) is 0 Å². The largest absolute Gasteiger partial charge is 0.368 e. The number of aromatic nitrogens is 2. The van der Waals surface area contributed by atoms with Crippen molar-refractivity contribution < 1.29 is 0 Å². The number of hydrogen-bond acceptors (Lipinski definition) is 2. The number of anilines is 1. The van der Waals surface area contributed by atoms with Gasteiger partial charge in [0.25, 0.3) is 0 Å². The van der Waals surface area contributed by atoms with Gasteiger partial charge in [-0.2, -0.15) is 5.10 Å². The van der Waals surface area contributed by atoms with Gasteiger partial charge in [-0.1, -0.05) is 19.8 Å². The normalized spacial score (nSPS) is 16.6. The maximum atomic E-state index is 4.38. The SMILES string of the molecule is CCCNc1n[nH]c2c1CCCCCC2. The van der Waals surface area contributed by atoms with Crippen LogP contribution in [0.25, 0.3) is 0 Å². The maximum Gasteiger partial charge on any atom is 0.151 e. The van der Waals surface area contributed by atoms with E-state index < -0.39 is 0 Å². The van der Waals surface area contributed by atoms with Crippen molar-refractivity contribution in [3.8, 4) is 0 Å². The second kappa shape index (κ2) is 5.19. The van der Waals surface area contributed by atoms with Gasteiger partial charge in [-0.05, 0) is 32.1 Å². The molecule has 0 fully saturated rings. The topological polar surface area (TPSA) is 40.7 Å². The summed E-state index contributed by atoms with van der Waals surface area (Å²) in [7, 11) is 0. The lowest BCUT2D eigenvalue weighted by Gasteiger charge is -2.10. The lowest BCUT2D eigenvalue weighted by Crippen LogP contribution is -2.04. The highest BCUT2D eigenvalue weighted by atomic mass is 15.2. The molecule has 1 aliphatic carbocycles. The zero-order valence-electron chi connectivity index (χ0n) is 9.60. The predicted octanol–water partition coefficient (Wildman–Crippen LogP) is 2.89. The number of rotatable bonds is 3. The molecule has 1 aliphatic rings. The molecule has 0 atom stereocenters. The highest BCUT2D eigenvalue weighted by Crippen LogP contribution is 2.24. The third-order valence-electron chi connectivity index (χ3n) is 3.10. The number of hydrogen-bond donors (Lipinski definition) is 2. The summed E-state index contributed by atoms with van der Waals surface area (Å²) in [5, 5.41) is 11.0. The first-order chi connectivity index (χ1) is 7.42. The lowest BCUT2D eigenvalue weighted by atomic mass is 9.98. The zero-order valence-corrected chi connectivity index (χ0v) is 9.60. The first-order valence-electron chi connectivity index (χ1n) is 6.21. The van der Waals surface area contributed by atoms with Gasteiger partial charge in [0.15, 0.2) is 5.82 Å². The van der Waals surface area contributed by atoms with Gasteiger partial charge < -0.3 is 5.32 Å². The molecule has 84 valence electrons. The fourth-order valence-corrected chi connectivity index (χ4v) is 2.22. The van der Waals surface area contributed by atoms with Crippen molar-refractivity contribution in [2.45, 2.75) is 51.9 Å². The van der Waals surface area contributed by atoms with Crippen LogP contribution in [0, 0.1) is 0 Å². The summed E-state index contributed by atoms with van der Waals surface area (Å²) in [4.78, 5) is 0. The molecule has 3 heteroatoms. The van der Waals surface area contributed by atoms with E-state index in [4.69, 9.17) is 0 Å². The molecule has 0 bridgehead atoms. The predicted molar refractivity (Wildman–Crippen MR) is 63.2 cm³/mol. The maximum absolute atomic E-state index is 4.38. The third-order valence-corrected chi connectivity index (χ3v) is 3.10. The van der Waals surface area contributed by atoms with E-state index >= 15 is 0 Å². The minimum atomic E-state index is 1.03. The Balaban J connectivity index is 2.11. The molecule has 15 heavy (non-hydrogen) atoms. The molecule has 0 radical (unpaired) electrons. The minimum Gasteiger partial charge on any atom is -0.368 e. The van der Waals surface area contributed by atoms with Gasteiger partial charge in [-0.25, -0.2) is 0 Å². The fraction of sp³-hybridized carbons (Fsp3) is 0.750. The van der Waals surface area contributed by atoms with E-state index in [1.54, 1.807) is 0 Å². The van der Waals surface area contributed by atoms with E-state index in [9.17, 15) is 0 Å². The van der Waals surface area contributed by atoms with E-state index in [1.807, 2.05) is 0 Å². The molecular weight excluding hydrogens is 186 g/mol. The second-order valence-corrected chi connectivity index (χ2v) is 4.37. The molecule has 1 aromatic heterocycles. The van der Waals surface area contributed by atoms with Gasteiger partial charge in [0.05, 0.1) is 0 Å². The first kappa shape index (κ1) is 10.5. The van der Waals surface area contributed by atoms with Crippen LogP contribution in [0.2, 0.25) is 0 Å². The summed E-state index contributed by atoms with van der Waals surface area (Å²) in [5.74, 6) is 1.11. The Labute approximate surface area is 91.7 Å². The molecular formula is C12H21N3. The minimum absolute atomic E-state index is 1.03. The van der Waals surface area contributed by atoms with Crippen molar-refractivity contribution in [3.63, 3.8) is 0 Å². The third kappa shape index (κ3) is 2.52. The second-order valence-electron chi connectivity index (χ2n) is 4.37. The van der Waals surface area contributed by atoms with Gasteiger partial charge in [-0.15, -0.1) is 0 Å². The summed E-state index contributed by atoms with van der Waals surface area (Å²) in [5.41, 5.74) is 2.82. The molecule has 1 heterocycles. The van der Waals surface area contributed by atoms with Crippen LogP contribution >= 0.6 is 0 Å². The molecule has 0 amide bonds. The van der Waals surface area contributed by atoms with Crippen molar-refractivity contribution in [3.05, 3.63) is 11.3 Å². The van der Waals surface area contributed by atoms with E-state index in [1.165, 1.54) is 49.8 Å². The average Bonchev–Trinajstić information content (AvgIpc) is 2.57. The van der Waals surface area contributed by atoms with Crippen LogP contribution in [0.4, 0.5) is 5.82 Å². The van der Waals surface area contributed by atoms with E-state index in [0.717, 1.165) is 18.8 Å². The monoisotopic (exact) mass is 207 g/mol. The summed E-state index contributed by atoms with van der Waals surface area (Å²) in [6.07, 6.45) is 8.89. The smallest absolute Gasteiger partial charge is 0.151 e. The average molecular weight is 207 g/mol. The Kier molecular flexibility index (Phi) is 3.64. The number of aromatic amines is 1. The summed E-state index contributed by atoms with van der Waals surface area (Å²) >= 11 is 0. The van der Waals surface area contributed by atoms with E-state index in [0.29, 0.717) is 0 Å². The van der Waals surface area contributed by atoms with Crippen molar-refractivity contribution >= 4 is 5.82 Å². The first-order valence-corrected chi connectivity index (χ1v) is 6.21. The number of fused-ring (bicyclic) bond motifs is 1. The highest BCUT2D eigenvalue weighted by molar-refractivity contribution is 5.46. The Bertz CT molecular complexity index is 304. The standard InChI is InChI=1S/C12H21N3/c1-2-9-13-12-10-7-5-3-4-6-8-11(10)14-15-12/h2-9H2,1H3,(H2,13,14,15). The Hall–Kier alpha value is -0.990.